The van der Waals surface area contributed by atoms with E-state index in [1.807, 2.05) is 6.07 Å². The fraction of sp³-hybridized carbons (Fsp3) is 0.455. The molecule has 0 fully saturated rings. The molecule has 19 heavy (non-hydrogen) atoms. The Morgan fingerprint density at radius 1 is 1.63 bits per heavy atom. The maximum atomic E-state index is 12.3. The number of rotatable bonds is 6. The smallest absolute Gasteiger partial charge is 0.336 e. The van der Waals surface area contributed by atoms with Gasteiger partial charge in [-0.1, -0.05) is 6.92 Å². The topological polar surface area (TPSA) is 98.5 Å². The lowest BCUT2D eigenvalue weighted by molar-refractivity contribution is 0.0697. The SMILES string of the molecule is CCN(CC(C)C#N)S(=O)(=O)c1cc(C(=O)O)cs1. The zero-order valence-electron chi connectivity index (χ0n) is 10.5. The molecule has 104 valence electrons. The number of hydrogen-bond acceptors (Lipinski definition) is 5. The van der Waals surface area contributed by atoms with E-state index in [4.69, 9.17) is 10.4 Å². The predicted octanol–water partition coefficient (Wildman–Crippen LogP) is 1.62. The molecule has 0 bridgehead atoms. The van der Waals surface area contributed by atoms with Crippen LogP contribution in [0.15, 0.2) is 15.7 Å². The van der Waals surface area contributed by atoms with Crippen LogP contribution in [0.25, 0.3) is 0 Å². The van der Waals surface area contributed by atoms with Gasteiger partial charge >= 0.3 is 5.97 Å². The Labute approximate surface area is 115 Å². The van der Waals surface area contributed by atoms with Gasteiger partial charge in [0.1, 0.15) is 4.21 Å². The zero-order chi connectivity index (χ0) is 14.6. The fourth-order valence-corrected chi connectivity index (χ4v) is 4.28. The van der Waals surface area contributed by atoms with E-state index in [-0.39, 0.29) is 22.9 Å². The molecule has 1 unspecified atom stereocenters. The van der Waals surface area contributed by atoms with Gasteiger partial charge in [-0.25, -0.2) is 13.2 Å². The highest BCUT2D eigenvalue weighted by Gasteiger charge is 2.27. The van der Waals surface area contributed by atoms with E-state index in [2.05, 4.69) is 0 Å². The molecule has 0 spiro atoms. The normalized spacial score (nSPS) is 13.2. The first kappa shape index (κ1) is 15.6. The molecule has 0 saturated carbocycles. The van der Waals surface area contributed by atoms with Crippen LogP contribution in [-0.4, -0.2) is 36.9 Å². The molecule has 1 rings (SSSR count). The molecule has 0 amide bonds. The van der Waals surface area contributed by atoms with Crippen molar-refractivity contribution in [2.75, 3.05) is 13.1 Å². The van der Waals surface area contributed by atoms with Crippen molar-refractivity contribution in [1.82, 2.24) is 4.31 Å². The number of nitrogens with zero attached hydrogens (tertiary/aromatic N) is 2. The highest BCUT2D eigenvalue weighted by Crippen LogP contribution is 2.24. The average Bonchev–Trinajstić information content (AvgIpc) is 2.85. The average molecular weight is 302 g/mol. The predicted molar refractivity (Wildman–Crippen MR) is 70.5 cm³/mol. The molecule has 1 heterocycles. The van der Waals surface area contributed by atoms with Crippen LogP contribution in [0, 0.1) is 17.2 Å². The van der Waals surface area contributed by atoms with Crippen LogP contribution >= 0.6 is 11.3 Å². The molecular formula is C11H14N2O4S2. The van der Waals surface area contributed by atoms with Crippen molar-refractivity contribution < 1.29 is 18.3 Å². The van der Waals surface area contributed by atoms with Gasteiger partial charge < -0.3 is 5.11 Å². The fourth-order valence-electron chi connectivity index (χ4n) is 1.43. The number of carbonyl (C=O) groups is 1. The van der Waals surface area contributed by atoms with Gasteiger partial charge in [0.05, 0.1) is 17.6 Å². The second-order valence-corrected chi connectivity index (χ2v) is 7.02. The van der Waals surface area contributed by atoms with Gasteiger partial charge in [0, 0.05) is 18.5 Å². The maximum Gasteiger partial charge on any atom is 0.336 e. The molecule has 1 N–H and O–H groups in total. The first-order chi connectivity index (χ1) is 8.82. The molecule has 0 aromatic carbocycles. The molecule has 1 aromatic rings. The minimum Gasteiger partial charge on any atom is -0.478 e. The van der Waals surface area contributed by atoms with Crippen molar-refractivity contribution >= 4 is 27.3 Å². The molecule has 1 aromatic heterocycles. The molecule has 8 heteroatoms. The first-order valence-electron chi connectivity index (χ1n) is 5.54. The summed E-state index contributed by atoms with van der Waals surface area (Å²) >= 11 is 0.870. The van der Waals surface area contributed by atoms with Crippen molar-refractivity contribution in [2.24, 2.45) is 5.92 Å². The molecule has 0 aliphatic carbocycles. The summed E-state index contributed by atoms with van der Waals surface area (Å²) < 4.78 is 25.7. The van der Waals surface area contributed by atoms with Crippen molar-refractivity contribution in [3.63, 3.8) is 0 Å². The van der Waals surface area contributed by atoms with Gasteiger partial charge in [0.15, 0.2) is 0 Å². The summed E-state index contributed by atoms with van der Waals surface area (Å²) in [5.74, 6) is -1.58. The van der Waals surface area contributed by atoms with E-state index in [9.17, 15) is 13.2 Å². The third-order valence-electron chi connectivity index (χ3n) is 2.47. The molecule has 0 aliphatic heterocycles. The Balaban J connectivity index is 3.06. The van der Waals surface area contributed by atoms with Gasteiger partial charge in [-0.05, 0) is 13.0 Å². The van der Waals surface area contributed by atoms with Crippen LogP contribution in [0.2, 0.25) is 0 Å². The Kier molecular flexibility index (Phi) is 5.05. The third-order valence-corrected chi connectivity index (χ3v) is 5.82. The highest BCUT2D eigenvalue weighted by atomic mass is 32.2. The number of hydrogen-bond donors (Lipinski definition) is 1. The van der Waals surface area contributed by atoms with Crippen LogP contribution in [0.3, 0.4) is 0 Å². The summed E-state index contributed by atoms with van der Waals surface area (Å²) in [5, 5.41) is 18.8. The number of aromatic carboxylic acids is 1. The quantitative estimate of drug-likeness (QED) is 0.861. The molecule has 1 atom stereocenters. The van der Waals surface area contributed by atoms with Gasteiger partial charge in [0.25, 0.3) is 10.0 Å². The molecule has 6 nitrogen and oxygen atoms in total. The zero-order valence-corrected chi connectivity index (χ0v) is 12.2. The van der Waals surface area contributed by atoms with Crippen molar-refractivity contribution in [1.29, 1.82) is 5.26 Å². The van der Waals surface area contributed by atoms with Gasteiger partial charge in [0.2, 0.25) is 0 Å². The highest BCUT2D eigenvalue weighted by molar-refractivity contribution is 7.91. The lowest BCUT2D eigenvalue weighted by atomic mass is 10.2. The third kappa shape index (κ3) is 3.53. The first-order valence-corrected chi connectivity index (χ1v) is 7.86. The molecule has 0 aliphatic rings. The van der Waals surface area contributed by atoms with Crippen LogP contribution in [0.4, 0.5) is 0 Å². The Morgan fingerprint density at radius 2 is 2.26 bits per heavy atom. The molecule has 0 saturated heterocycles. The van der Waals surface area contributed by atoms with Crippen molar-refractivity contribution in [3.8, 4) is 6.07 Å². The van der Waals surface area contributed by atoms with Crippen molar-refractivity contribution in [2.45, 2.75) is 18.1 Å². The number of sulfonamides is 1. The monoisotopic (exact) mass is 302 g/mol. The van der Waals surface area contributed by atoms with E-state index in [0.717, 1.165) is 17.4 Å². The van der Waals surface area contributed by atoms with Gasteiger partial charge in [-0.2, -0.15) is 9.57 Å². The number of thiophene rings is 1. The van der Waals surface area contributed by atoms with E-state index in [0.29, 0.717) is 0 Å². The minimum absolute atomic E-state index is 0.0168. The van der Waals surface area contributed by atoms with Gasteiger partial charge in [-0.3, -0.25) is 0 Å². The summed E-state index contributed by atoms with van der Waals surface area (Å²) in [6.07, 6.45) is 0. The second-order valence-electron chi connectivity index (χ2n) is 3.95. The van der Waals surface area contributed by atoms with E-state index in [1.165, 1.54) is 9.69 Å². The lowest BCUT2D eigenvalue weighted by Gasteiger charge is -2.20. The molecular weight excluding hydrogens is 288 g/mol. The molecule has 0 radical (unpaired) electrons. The van der Waals surface area contributed by atoms with E-state index in [1.54, 1.807) is 13.8 Å². The number of carboxylic acid groups (broad SMARTS) is 1. The summed E-state index contributed by atoms with van der Waals surface area (Å²) in [5.41, 5.74) is -0.0482. The van der Waals surface area contributed by atoms with Crippen LogP contribution in [0.1, 0.15) is 24.2 Å². The standard InChI is InChI=1S/C11H14N2O4S2/c1-3-13(6-8(2)5-12)19(16,17)10-4-9(7-18-10)11(14)15/h4,7-8H,3,6H2,1-2H3,(H,14,15). The van der Waals surface area contributed by atoms with Crippen molar-refractivity contribution in [3.05, 3.63) is 17.0 Å². The Hall–Kier alpha value is -1.43. The van der Waals surface area contributed by atoms with Crippen LogP contribution < -0.4 is 0 Å². The van der Waals surface area contributed by atoms with E-state index < -0.39 is 21.9 Å². The maximum absolute atomic E-state index is 12.3. The summed E-state index contributed by atoms with van der Waals surface area (Å²) in [6, 6.07) is 3.12. The number of nitriles is 1. The van der Waals surface area contributed by atoms with Crippen LogP contribution in [-0.2, 0) is 10.0 Å². The lowest BCUT2D eigenvalue weighted by Crippen LogP contribution is -2.33. The van der Waals surface area contributed by atoms with E-state index >= 15 is 0 Å². The number of carboxylic acids is 1. The summed E-state index contributed by atoms with van der Waals surface area (Å²) in [6.45, 7) is 3.63. The summed E-state index contributed by atoms with van der Waals surface area (Å²) in [7, 11) is -3.73. The Morgan fingerprint density at radius 3 is 2.68 bits per heavy atom. The summed E-state index contributed by atoms with van der Waals surface area (Å²) in [4.78, 5) is 10.8. The van der Waals surface area contributed by atoms with Gasteiger partial charge in [-0.15, -0.1) is 11.3 Å². The Bertz CT molecular complexity index is 600. The largest absolute Gasteiger partial charge is 0.478 e. The van der Waals surface area contributed by atoms with Crippen LogP contribution in [0.5, 0.6) is 0 Å². The second kappa shape index (κ2) is 6.14. The minimum atomic E-state index is -3.73.